The Morgan fingerprint density at radius 3 is 2.50 bits per heavy atom. The van der Waals surface area contributed by atoms with Crippen LogP contribution in [0.4, 0.5) is 0 Å². The van der Waals surface area contributed by atoms with Crippen LogP contribution < -0.4 is 5.32 Å². The minimum absolute atomic E-state index is 0.104. The molecule has 110 valence electrons. The molecule has 0 aliphatic rings. The van der Waals surface area contributed by atoms with E-state index < -0.39 is 0 Å². The first kappa shape index (κ1) is 17.9. The van der Waals surface area contributed by atoms with E-state index in [4.69, 9.17) is 0 Å². The number of hydrogen-bond acceptors (Lipinski definition) is 3. The molecule has 0 rings (SSSR count). The number of hydrogen-bond donors (Lipinski definition) is 2. The first-order chi connectivity index (χ1) is 8.47. The van der Waals surface area contributed by atoms with Crippen LogP contribution in [0.3, 0.4) is 0 Å². The Labute approximate surface area is 114 Å². The van der Waals surface area contributed by atoms with Gasteiger partial charge in [0.05, 0.1) is 6.61 Å². The van der Waals surface area contributed by atoms with Crippen LogP contribution in [0.15, 0.2) is 0 Å². The molecule has 0 aliphatic carbocycles. The molecule has 0 aromatic carbocycles. The van der Waals surface area contributed by atoms with Crippen molar-refractivity contribution in [3.05, 3.63) is 0 Å². The predicted octanol–water partition coefficient (Wildman–Crippen LogP) is 2.50. The minimum Gasteiger partial charge on any atom is -0.394 e. The summed E-state index contributed by atoms with van der Waals surface area (Å²) in [5, 5.41) is 12.9. The topological polar surface area (TPSA) is 35.5 Å². The standard InChI is InChI=1S/C15H34N2O/c1-6-10-16-15(4,13-18)9-8-11-17(5)12-14(3)7-2/h14,16,18H,6-13H2,1-5H3. The fraction of sp³-hybridized carbons (Fsp3) is 1.00. The maximum absolute atomic E-state index is 9.48. The van der Waals surface area contributed by atoms with Gasteiger partial charge in [0.25, 0.3) is 0 Å². The van der Waals surface area contributed by atoms with Crippen molar-refractivity contribution in [3.63, 3.8) is 0 Å². The zero-order chi connectivity index (χ0) is 14.0. The van der Waals surface area contributed by atoms with Gasteiger partial charge in [0.2, 0.25) is 0 Å². The summed E-state index contributed by atoms with van der Waals surface area (Å²) in [5.74, 6) is 0.775. The summed E-state index contributed by atoms with van der Waals surface area (Å²) in [6, 6.07) is 0. The van der Waals surface area contributed by atoms with Gasteiger partial charge in [-0.1, -0.05) is 27.2 Å². The van der Waals surface area contributed by atoms with E-state index in [1.165, 1.54) is 13.0 Å². The largest absolute Gasteiger partial charge is 0.394 e. The van der Waals surface area contributed by atoms with Crippen LogP contribution in [0.2, 0.25) is 0 Å². The SMILES string of the molecule is CCCNC(C)(CO)CCCN(C)CC(C)CC. The van der Waals surface area contributed by atoms with E-state index in [1.54, 1.807) is 0 Å². The summed E-state index contributed by atoms with van der Waals surface area (Å²) < 4.78 is 0. The fourth-order valence-corrected chi connectivity index (χ4v) is 2.14. The highest BCUT2D eigenvalue weighted by atomic mass is 16.3. The Kier molecular flexibility index (Phi) is 9.70. The lowest BCUT2D eigenvalue weighted by molar-refractivity contribution is 0.157. The van der Waals surface area contributed by atoms with Crippen LogP contribution in [0.1, 0.15) is 53.4 Å². The van der Waals surface area contributed by atoms with Crippen molar-refractivity contribution >= 4 is 0 Å². The van der Waals surface area contributed by atoms with Gasteiger partial charge in [-0.3, -0.25) is 0 Å². The van der Waals surface area contributed by atoms with Crippen molar-refractivity contribution in [1.29, 1.82) is 0 Å². The van der Waals surface area contributed by atoms with Crippen molar-refractivity contribution in [1.82, 2.24) is 10.2 Å². The van der Waals surface area contributed by atoms with Crippen molar-refractivity contribution in [3.8, 4) is 0 Å². The smallest absolute Gasteiger partial charge is 0.0610 e. The number of nitrogens with one attached hydrogen (secondary N) is 1. The molecule has 18 heavy (non-hydrogen) atoms. The van der Waals surface area contributed by atoms with Gasteiger partial charge in [0.15, 0.2) is 0 Å². The quantitative estimate of drug-likeness (QED) is 0.598. The van der Waals surface area contributed by atoms with E-state index in [0.29, 0.717) is 0 Å². The molecule has 0 heterocycles. The third-order valence-corrected chi connectivity index (χ3v) is 3.74. The maximum Gasteiger partial charge on any atom is 0.0610 e. The van der Waals surface area contributed by atoms with E-state index in [-0.39, 0.29) is 12.1 Å². The first-order valence-corrected chi connectivity index (χ1v) is 7.51. The average molecular weight is 258 g/mol. The van der Waals surface area contributed by atoms with E-state index in [0.717, 1.165) is 38.3 Å². The number of aliphatic hydroxyl groups is 1. The molecule has 3 nitrogen and oxygen atoms in total. The molecule has 0 fully saturated rings. The summed E-state index contributed by atoms with van der Waals surface area (Å²) in [4.78, 5) is 2.41. The molecule has 0 amide bonds. The molecule has 3 heteroatoms. The van der Waals surface area contributed by atoms with Gasteiger partial charge in [-0.2, -0.15) is 0 Å². The molecule has 0 spiro atoms. The Morgan fingerprint density at radius 1 is 1.33 bits per heavy atom. The number of nitrogens with zero attached hydrogens (tertiary/aromatic N) is 1. The number of aliphatic hydroxyl groups excluding tert-OH is 1. The van der Waals surface area contributed by atoms with Gasteiger partial charge < -0.3 is 15.3 Å². The highest BCUT2D eigenvalue weighted by Crippen LogP contribution is 2.12. The van der Waals surface area contributed by atoms with E-state index >= 15 is 0 Å². The van der Waals surface area contributed by atoms with Gasteiger partial charge in [-0.05, 0) is 52.2 Å². The molecule has 0 aromatic heterocycles. The van der Waals surface area contributed by atoms with Gasteiger partial charge in [-0.25, -0.2) is 0 Å². The molecule has 2 N–H and O–H groups in total. The average Bonchev–Trinajstić information content (AvgIpc) is 2.36. The van der Waals surface area contributed by atoms with Gasteiger partial charge in [0, 0.05) is 12.1 Å². The molecule has 0 saturated carbocycles. The van der Waals surface area contributed by atoms with Crippen LogP contribution in [-0.4, -0.2) is 48.8 Å². The van der Waals surface area contributed by atoms with Crippen LogP contribution >= 0.6 is 0 Å². The first-order valence-electron chi connectivity index (χ1n) is 7.51. The zero-order valence-electron chi connectivity index (χ0n) is 13.1. The highest BCUT2D eigenvalue weighted by molar-refractivity contribution is 4.82. The van der Waals surface area contributed by atoms with Crippen molar-refractivity contribution in [2.75, 3.05) is 33.3 Å². The van der Waals surface area contributed by atoms with Crippen molar-refractivity contribution < 1.29 is 5.11 Å². The van der Waals surface area contributed by atoms with Gasteiger partial charge >= 0.3 is 0 Å². The van der Waals surface area contributed by atoms with Gasteiger partial charge in [-0.15, -0.1) is 0 Å². The van der Waals surface area contributed by atoms with E-state index in [1.807, 2.05) is 0 Å². The predicted molar refractivity (Wildman–Crippen MR) is 80.0 cm³/mol. The lowest BCUT2D eigenvalue weighted by atomic mass is 9.96. The maximum atomic E-state index is 9.48. The molecule has 2 unspecified atom stereocenters. The molecule has 0 aromatic rings. The second-order valence-electron chi connectivity index (χ2n) is 6.02. The number of rotatable bonds is 11. The van der Waals surface area contributed by atoms with Crippen LogP contribution in [0, 0.1) is 5.92 Å². The molecular weight excluding hydrogens is 224 g/mol. The van der Waals surface area contributed by atoms with E-state index in [9.17, 15) is 5.11 Å². The van der Waals surface area contributed by atoms with Crippen LogP contribution in [-0.2, 0) is 0 Å². The molecule has 0 bridgehead atoms. The summed E-state index contributed by atoms with van der Waals surface area (Å²) in [6.07, 6.45) is 4.54. The summed E-state index contributed by atoms with van der Waals surface area (Å²) >= 11 is 0. The molecule has 0 aliphatic heterocycles. The van der Waals surface area contributed by atoms with Crippen LogP contribution in [0.5, 0.6) is 0 Å². The van der Waals surface area contributed by atoms with Crippen molar-refractivity contribution in [2.45, 2.75) is 58.9 Å². The molecule has 0 radical (unpaired) electrons. The molecular formula is C15H34N2O. The molecule has 0 saturated heterocycles. The third kappa shape index (κ3) is 8.06. The Bertz CT molecular complexity index is 199. The lowest BCUT2D eigenvalue weighted by Crippen LogP contribution is -2.46. The second-order valence-corrected chi connectivity index (χ2v) is 6.02. The normalized spacial score (nSPS) is 16.8. The van der Waals surface area contributed by atoms with Gasteiger partial charge in [0.1, 0.15) is 0 Å². The van der Waals surface area contributed by atoms with Crippen molar-refractivity contribution in [2.24, 2.45) is 5.92 Å². The molecule has 2 atom stereocenters. The Balaban J connectivity index is 3.85. The lowest BCUT2D eigenvalue weighted by Gasteiger charge is -2.30. The summed E-state index contributed by atoms with van der Waals surface area (Å²) in [7, 11) is 2.20. The Morgan fingerprint density at radius 2 is 2.00 bits per heavy atom. The minimum atomic E-state index is -0.104. The summed E-state index contributed by atoms with van der Waals surface area (Å²) in [5.41, 5.74) is -0.104. The second kappa shape index (κ2) is 9.76. The highest BCUT2D eigenvalue weighted by Gasteiger charge is 2.21. The Hall–Kier alpha value is -0.120. The third-order valence-electron chi connectivity index (χ3n) is 3.74. The van der Waals surface area contributed by atoms with Crippen LogP contribution in [0.25, 0.3) is 0 Å². The summed E-state index contributed by atoms with van der Waals surface area (Å²) in [6.45, 7) is 12.3. The monoisotopic (exact) mass is 258 g/mol. The fourth-order valence-electron chi connectivity index (χ4n) is 2.14. The zero-order valence-corrected chi connectivity index (χ0v) is 13.1. The van der Waals surface area contributed by atoms with E-state index in [2.05, 4.69) is 45.0 Å².